The van der Waals surface area contributed by atoms with Crippen molar-refractivity contribution in [2.45, 2.75) is 19.4 Å². The third-order valence-corrected chi connectivity index (χ3v) is 4.51. The summed E-state index contributed by atoms with van der Waals surface area (Å²) in [6.45, 7) is 5.68. The van der Waals surface area contributed by atoms with Crippen molar-refractivity contribution in [1.82, 2.24) is 4.90 Å². The van der Waals surface area contributed by atoms with E-state index in [9.17, 15) is 5.11 Å². The summed E-state index contributed by atoms with van der Waals surface area (Å²) in [5.74, 6) is 0.626. The molecule has 0 aromatic heterocycles. The highest BCUT2D eigenvalue weighted by Crippen LogP contribution is 2.28. The number of likely N-dealkylation sites (N-methyl/N-ethyl adjacent to an activating group) is 1. The van der Waals surface area contributed by atoms with Crippen LogP contribution < -0.4 is 4.90 Å². The molecule has 2 rings (SSSR count). The minimum atomic E-state index is 0.257. The van der Waals surface area contributed by atoms with Gasteiger partial charge in [0.2, 0.25) is 0 Å². The van der Waals surface area contributed by atoms with E-state index < -0.39 is 0 Å². The fraction of sp³-hybridized carbons (Fsp3) is 0.600. The molecule has 0 saturated carbocycles. The Morgan fingerprint density at radius 1 is 1.26 bits per heavy atom. The Kier molecular flexibility index (Phi) is 5.25. The van der Waals surface area contributed by atoms with Crippen LogP contribution in [0.15, 0.2) is 28.7 Å². The maximum atomic E-state index is 9.25. The highest BCUT2D eigenvalue weighted by molar-refractivity contribution is 9.10. The topological polar surface area (TPSA) is 26.7 Å². The Balaban J connectivity index is 2.21. The predicted molar refractivity (Wildman–Crippen MR) is 83.6 cm³/mol. The normalized spacial score (nSPS) is 25.4. The number of benzene rings is 1. The van der Waals surface area contributed by atoms with Gasteiger partial charge >= 0.3 is 0 Å². The standard InChI is InChI=1S/C15H23BrN2O/c1-12-9-17(2)13(7-8-19)11-18(10-12)15-6-4-3-5-14(15)16/h3-6,12-13,19H,7-11H2,1-2H3. The van der Waals surface area contributed by atoms with E-state index in [1.54, 1.807) is 0 Å². The van der Waals surface area contributed by atoms with Gasteiger partial charge in [-0.2, -0.15) is 0 Å². The molecule has 19 heavy (non-hydrogen) atoms. The molecule has 0 bridgehead atoms. The maximum Gasteiger partial charge on any atom is 0.0511 e. The van der Waals surface area contributed by atoms with Crippen molar-refractivity contribution >= 4 is 21.6 Å². The monoisotopic (exact) mass is 326 g/mol. The molecule has 1 aliphatic heterocycles. The number of para-hydroxylation sites is 1. The Labute approximate surface area is 124 Å². The zero-order valence-electron chi connectivity index (χ0n) is 11.7. The van der Waals surface area contributed by atoms with Gasteiger partial charge in [-0.15, -0.1) is 0 Å². The first-order valence-corrected chi connectivity index (χ1v) is 7.71. The predicted octanol–water partition coefficient (Wildman–Crippen LogP) is 2.59. The van der Waals surface area contributed by atoms with Gasteiger partial charge in [0, 0.05) is 36.8 Å². The van der Waals surface area contributed by atoms with Gasteiger partial charge in [-0.05, 0) is 47.4 Å². The fourth-order valence-corrected chi connectivity index (χ4v) is 3.44. The number of anilines is 1. The first kappa shape index (κ1) is 14.8. The van der Waals surface area contributed by atoms with Crippen LogP contribution in [0.25, 0.3) is 0 Å². The molecule has 1 fully saturated rings. The van der Waals surface area contributed by atoms with Gasteiger partial charge in [-0.25, -0.2) is 0 Å². The smallest absolute Gasteiger partial charge is 0.0511 e. The number of rotatable bonds is 3. The molecule has 106 valence electrons. The van der Waals surface area contributed by atoms with Crippen molar-refractivity contribution in [3.63, 3.8) is 0 Å². The maximum absolute atomic E-state index is 9.25. The van der Waals surface area contributed by atoms with Crippen LogP contribution >= 0.6 is 15.9 Å². The molecule has 0 radical (unpaired) electrons. The van der Waals surface area contributed by atoms with E-state index in [1.165, 1.54) is 5.69 Å². The number of nitrogens with zero attached hydrogens (tertiary/aromatic N) is 2. The molecule has 2 unspecified atom stereocenters. The van der Waals surface area contributed by atoms with Crippen molar-refractivity contribution in [1.29, 1.82) is 0 Å². The SMILES string of the molecule is CC1CN(c2ccccc2Br)CC(CCO)N(C)C1. The van der Waals surface area contributed by atoms with Gasteiger partial charge in [0.05, 0.1) is 5.69 Å². The summed E-state index contributed by atoms with van der Waals surface area (Å²) >= 11 is 3.65. The molecule has 0 aliphatic carbocycles. The highest BCUT2D eigenvalue weighted by atomic mass is 79.9. The van der Waals surface area contributed by atoms with Crippen LogP contribution in [-0.2, 0) is 0 Å². The van der Waals surface area contributed by atoms with E-state index in [0.29, 0.717) is 12.0 Å². The molecule has 1 aromatic rings. The fourth-order valence-electron chi connectivity index (χ4n) is 2.91. The van der Waals surface area contributed by atoms with Crippen LogP contribution in [0.1, 0.15) is 13.3 Å². The minimum absolute atomic E-state index is 0.257. The van der Waals surface area contributed by atoms with E-state index in [0.717, 1.165) is 30.5 Å². The molecule has 0 spiro atoms. The molecule has 1 heterocycles. The molecule has 1 N–H and O–H groups in total. The second-order valence-corrected chi connectivity index (χ2v) is 6.42. The summed E-state index contributed by atoms with van der Waals surface area (Å²) in [6.07, 6.45) is 0.837. The van der Waals surface area contributed by atoms with Gasteiger partial charge in [-0.1, -0.05) is 19.1 Å². The van der Waals surface area contributed by atoms with Gasteiger partial charge < -0.3 is 14.9 Å². The van der Waals surface area contributed by atoms with Crippen LogP contribution in [0, 0.1) is 5.92 Å². The lowest BCUT2D eigenvalue weighted by Gasteiger charge is -2.30. The van der Waals surface area contributed by atoms with E-state index in [4.69, 9.17) is 0 Å². The van der Waals surface area contributed by atoms with Crippen molar-refractivity contribution in [3.05, 3.63) is 28.7 Å². The van der Waals surface area contributed by atoms with Gasteiger partial charge in [0.1, 0.15) is 0 Å². The van der Waals surface area contributed by atoms with Gasteiger partial charge in [-0.3, -0.25) is 0 Å². The average molecular weight is 327 g/mol. The Morgan fingerprint density at radius 2 is 2.00 bits per heavy atom. The number of aliphatic hydroxyl groups is 1. The van der Waals surface area contributed by atoms with Crippen molar-refractivity contribution < 1.29 is 5.11 Å². The van der Waals surface area contributed by atoms with E-state index in [-0.39, 0.29) is 6.61 Å². The zero-order valence-corrected chi connectivity index (χ0v) is 13.3. The molecule has 1 aromatic carbocycles. The summed E-state index contributed by atoms with van der Waals surface area (Å²) in [4.78, 5) is 4.83. The lowest BCUT2D eigenvalue weighted by molar-refractivity contribution is 0.186. The molecule has 0 amide bonds. The molecule has 2 atom stereocenters. The average Bonchev–Trinajstić information content (AvgIpc) is 2.50. The Bertz CT molecular complexity index is 413. The highest BCUT2D eigenvalue weighted by Gasteiger charge is 2.26. The third kappa shape index (κ3) is 3.71. The largest absolute Gasteiger partial charge is 0.396 e. The third-order valence-electron chi connectivity index (χ3n) is 3.84. The molecule has 1 aliphatic rings. The lowest BCUT2D eigenvalue weighted by atomic mass is 10.1. The summed E-state index contributed by atoms with van der Waals surface area (Å²) in [5, 5.41) is 9.25. The number of hydrogen-bond donors (Lipinski definition) is 1. The number of halogens is 1. The quantitative estimate of drug-likeness (QED) is 0.924. The van der Waals surface area contributed by atoms with E-state index in [1.807, 2.05) is 6.07 Å². The van der Waals surface area contributed by atoms with Crippen LogP contribution in [-0.4, -0.2) is 49.3 Å². The van der Waals surface area contributed by atoms with Gasteiger partial charge in [0.25, 0.3) is 0 Å². The first-order chi connectivity index (χ1) is 9.11. The molecule has 1 saturated heterocycles. The van der Waals surface area contributed by atoms with Crippen molar-refractivity contribution in [3.8, 4) is 0 Å². The van der Waals surface area contributed by atoms with Crippen LogP contribution in [0.3, 0.4) is 0 Å². The molecular weight excluding hydrogens is 304 g/mol. The molecule has 4 heteroatoms. The summed E-state index contributed by atoms with van der Waals surface area (Å²) in [6, 6.07) is 8.81. The van der Waals surface area contributed by atoms with Crippen molar-refractivity contribution in [2.75, 3.05) is 38.2 Å². The molecule has 3 nitrogen and oxygen atoms in total. The molecular formula is C15H23BrN2O. The summed E-state index contributed by atoms with van der Waals surface area (Å²) in [5.41, 5.74) is 1.26. The van der Waals surface area contributed by atoms with Crippen LogP contribution in [0.4, 0.5) is 5.69 Å². The summed E-state index contributed by atoms with van der Waals surface area (Å²) in [7, 11) is 2.17. The van der Waals surface area contributed by atoms with Gasteiger partial charge in [0.15, 0.2) is 0 Å². The van der Waals surface area contributed by atoms with E-state index in [2.05, 4.69) is 57.9 Å². The number of hydrogen-bond acceptors (Lipinski definition) is 3. The second-order valence-electron chi connectivity index (χ2n) is 5.57. The zero-order chi connectivity index (χ0) is 13.8. The second kappa shape index (κ2) is 6.73. The summed E-state index contributed by atoms with van der Waals surface area (Å²) < 4.78 is 1.15. The Morgan fingerprint density at radius 3 is 2.68 bits per heavy atom. The van der Waals surface area contributed by atoms with Crippen LogP contribution in [0.5, 0.6) is 0 Å². The van der Waals surface area contributed by atoms with Crippen LogP contribution in [0.2, 0.25) is 0 Å². The van der Waals surface area contributed by atoms with E-state index >= 15 is 0 Å². The lowest BCUT2D eigenvalue weighted by Crippen LogP contribution is -2.39. The first-order valence-electron chi connectivity index (χ1n) is 6.92. The minimum Gasteiger partial charge on any atom is -0.396 e. The van der Waals surface area contributed by atoms with Crippen molar-refractivity contribution in [2.24, 2.45) is 5.92 Å². The Hall–Kier alpha value is -0.580. The number of aliphatic hydroxyl groups excluding tert-OH is 1.